The number of hydrogen-bond donors (Lipinski definition) is 0. The highest BCUT2D eigenvalue weighted by Crippen LogP contribution is 2.65. The average Bonchev–Trinajstić information content (AvgIpc) is 3.06. The lowest BCUT2D eigenvalue weighted by Gasteiger charge is -2.37. The van der Waals surface area contributed by atoms with Gasteiger partial charge in [-0.05, 0) is 61.7 Å². The number of ether oxygens (including phenoxy) is 2. The molecular formula is C15H22O2. The first-order valence-electron chi connectivity index (χ1n) is 7.14. The van der Waals surface area contributed by atoms with Crippen LogP contribution in [-0.2, 0) is 9.47 Å². The number of rotatable bonds is 3. The lowest BCUT2D eigenvalue weighted by Crippen LogP contribution is -2.37. The Morgan fingerprint density at radius 2 is 1.82 bits per heavy atom. The molecule has 0 radical (unpaired) electrons. The van der Waals surface area contributed by atoms with Crippen molar-refractivity contribution < 1.29 is 9.47 Å². The molecule has 0 amide bonds. The topological polar surface area (TPSA) is 18.5 Å². The van der Waals surface area contributed by atoms with E-state index in [1.807, 2.05) is 6.92 Å². The van der Waals surface area contributed by atoms with E-state index in [-0.39, 0.29) is 6.29 Å². The van der Waals surface area contributed by atoms with Gasteiger partial charge in [0.1, 0.15) is 0 Å². The van der Waals surface area contributed by atoms with Gasteiger partial charge in [0.05, 0.1) is 6.10 Å². The predicted molar refractivity (Wildman–Crippen MR) is 65.3 cm³/mol. The minimum Gasteiger partial charge on any atom is -0.356 e. The predicted octanol–water partition coefficient (Wildman–Crippen LogP) is 2.84. The minimum absolute atomic E-state index is 0.0352. The molecule has 4 aliphatic carbocycles. The average molecular weight is 234 g/mol. The number of methoxy groups -OCH3 is 1. The normalized spacial score (nSPS) is 55.5. The maximum Gasteiger partial charge on any atom is 0.154 e. The summed E-state index contributed by atoms with van der Waals surface area (Å²) in [6, 6.07) is 0. The second-order valence-corrected chi connectivity index (χ2v) is 6.48. The molecule has 2 nitrogen and oxygen atoms in total. The van der Waals surface area contributed by atoms with Crippen LogP contribution in [-0.4, -0.2) is 19.5 Å². The molecule has 8 atom stereocenters. The fourth-order valence-corrected chi connectivity index (χ4v) is 5.41. The second-order valence-electron chi connectivity index (χ2n) is 6.48. The minimum atomic E-state index is -0.0352. The van der Waals surface area contributed by atoms with Crippen molar-refractivity contribution in [3.8, 4) is 0 Å². The Labute approximate surface area is 103 Å². The zero-order valence-corrected chi connectivity index (χ0v) is 10.7. The Hall–Kier alpha value is -0.340. The first kappa shape index (κ1) is 10.6. The molecule has 4 rings (SSSR count). The van der Waals surface area contributed by atoms with E-state index in [4.69, 9.17) is 9.47 Å². The van der Waals surface area contributed by atoms with Crippen molar-refractivity contribution in [2.75, 3.05) is 7.11 Å². The Kier molecular flexibility index (Phi) is 2.23. The molecule has 17 heavy (non-hydrogen) atoms. The summed E-state index contributed by atoms with van der Waals surface area (Å²) in [6.07, 6.45) is 9.58. The lowest BCUT2D eigenvalue weighted by molar-refractivity contribution is -0.164. The quantitative estimate of drug-likeness (QED) is 0.425. The monoisotopic (exact) mass is 234 g/mol. The van der Waals surface area contributed by atoms with Crippen molar-refractivity contribution in [3.05, 3.63) is 12.2 Å². The Balaban J connectivity index is 1.53. The van der Waals surface area contributed by atoms with Crippen molar-refractivity contribution in [3.63, 3.8) is 0 Å². The third kappa shape index (κ3) is 1.34. The van der Waals surface area contributed by atoms with E-state index in [1.54, 1.807) is 7.11 Å². The van der Waals surface area contributed by atoms with Crippen LogP contribution in [0.5, 0.6) is 0 Å². The van der Waals surface area contributed by atoms with Crippen LogP contribution in [0, 0.1) is 35.5 Å². The lowest BCUT2D eigenvalue weighted by atomic mass is 9.72. The highest BCUT2D eigenvalue weighted by molar-refractivity contribution is 5.21. The van der Waals surface area contributed by atoms with Gasteiger partial charge >= 0.3 is 0 Å². The summed E-state index contributed by atoms with van der Waals surface area (Å²) in [5.74, 6) is 5.51. The van der Waals surface area contributed by atoms with Gasteiger partial charge in [0.15, 0.2) is 6.29 Å². The van der Waals surface area contributed by atoms with E-state index < -0.39 is 0 Å². The highest BCUT2D eigenvalue weighted by Gasteiger charge is 2.61. The number of hydrogen-bond acceptors (Lipinski definition) is 2. The SMILES string of the molecule is COC(C)OC1CC2CC1C1C3C=CC(C3)C21. The van der Waals surface area contributed by atoms with Gasteiger partial charge in [0, 0.05) is 7.11 Å². The van der Waals surface area contributed by atoms with Gasteiger partial charge in [0.2, 0.25) is 0 Å². The molecule has 0 aliphatic heterocycles. The summed E-state index contributed by atoms with van der Waals surface area (Å²) in [6.45, 7) is 2.02. The molecule has 0 aromatic carbocycles. The molecule has 3 saturated carbocycles. The number of fused-ring (bicyclic) bond motifs is 9. The molecular weight excluding hydrogens is 212 g/mol. The van der Waals surface area contributed by atoms with E-state index in [0.29, 0.717) is 6.10 Å². The van der Waals surface area contributed by atoms with E-state index in [1.165, 1.54) is 19.3 Å². The van der Waals surface area contributed by atoms with Gasteiger partial charge < -0.3 is 9.47 Å². The Morgan fingerprint density at radius 3 is 2.59 bits per heavy atom. The third-order valence-corrected chi connectivity index (χ3v) is 5.91. The summed E-state index contributed by atoms with van der Waals surface area (Å²) in [5.41, 5.74) is 0. The summed E-state index contributed by atoms with van der Waals surface area (Å²) < 4.78 is 11.3. The van der Waals surface area contributed by atoms with Gasteiger partial charge in [-0.2, -0.15) is 0 Å². The van der Waals surface area contributed by atoms with Crippen LogP contribution < -0.4 is 0 Å². The van der Waals surface area contributed by atoms with Gasteiger partial charge in [-0.25, -0.2) is 0 Å². The Morgan fingerprint density at radius 1 is 1.06 bits per heavy atom. The van der Waals surface area contributed by atoms with Crippen molar-refractivity contribution in [2.24, 2.45) is 35.5 Å². The fraction of sp³-hybridized carbons (Fsp3) is 0.867. The molecule has 4 bridgehead atoms. The molecule has 0 heterocycles. The molecule has 3 fully saturated rings. The zero-order chi connectivity index (χ0) is 11.6. The van der Waals surface area contributed by atoms with E-state index in [2.05, 4.69) is 12.2 Å². The van der Waals surface area contributed by atoms with Crippen LogP contribution in [0.25, 0.3) is 0 Å². The summed E-state index contributed by atoms with van der Waals surface area (Å²) >= 11 is 0. The van der Waals surface area contributed by atoms with Crippen molar-refractivity contribution >= 4 is 0 Å². The molecule has 0 aromatic heterocycles. The fourth-order valence-electron chi connectivity index (χ4n) is 5.41. The molecule has 2 heteroatoms. The van der Waals surface area contributed by atoms with Crippen LogP contribution in [0.4, 0.5) is 0 Å². The summed E-state index contributed by atoms with van der Waals surface area (Å²) in [5, 5.41) is 0. The summed E-state index contributed by atoms with van der Waals surface area (Å²) in [4.78, 5) is 0. The molecule has 4 aliphatic rings. The van der Waals surface area contributed by atoms with E-state index in [0.717, 1.165) is 35.5 Å². The molecule has 8 unspecified atom stereocenters. The standard InChI is InChI=1S/C15H22O2/c1-8(16-2)17-13-7-11-6-12(13)15-10-4-3-9(5-10)14(11)15/h3-4,8-15H,5-7H2,1-2H3. The molecule has 94 valence electrons. The third-order valence-electron chi connectivity index (χ3n) is 5.91. The van der Waals surface area contributed by atoms with Crippen molar-refractivity contribution in [1.29, 1.82) is 0 Å². The zero-order valence-electron chi connectivity index (χ0n) is 10.7. The van der Waals surface area contributed by atoms with Gasteiger partial charge in [-0.3, -0.25) is 0 Å². The molecule has 0 saturated heterocycles. The van der Waals surface area contributed by atoms with Gasteiger partial charge in [0.25, 0.3) is 0 Å². The van der Waals surface area contributed by atoms with E-state index >= 15 is 0 Å². The largest absolute Gasteiger partial charge is 0.356 e. The van der Waals surface area contributed by atoms with Crippen molar-refractivity contribution in [2.45, 2.75) is 38.6 Å². The van der Waals surface area contributed by atoms with Crippen molar-refractivity contribution in [1.82, 2.24) is 0 Å². The first-order valence-corrected chi connectivity index (χ1v) is 7.14. The molecule has 0 aromatic rings. The first-order chi connectivity index (χ1) is 8.28. The number of allylic oxidation sites excluding steroid dienone is 2. The van der Waals surface area contributed by atoms with Crippen LogP contribution in [0.3, 0.4) is 0 Å². The van der Waals surface area contributed by atoms with E-state index in [9.17, 15) is 0 Å². The smallest absolute Gasteiger partial charge is 0.154 e. The molecule has 0 spiro atoms. The maximum absolute atomic E-state index is 6.06. The second kappa shape index (κ2) is 3.58. The maximum atomic E-state index is 6.06. The van der Waals surface area contributed by atoms with Crippen LogP contribution in [0.15, 0.2) is 12.2 Å². The molecule has 0 N–H and O–H groups in total. The Bertz CT molecular complexity index is 351. The van der Waals surface area contributed by atoms with Crippen LogP contribution >= 0.6 is 0 Å². The van der Waals surface area contributed by atoms with Gasteiger partial charge in [-0.1, -0.05) is 12.2 Å². The van der Waals surface area contributed by atoms with Crippen LogP contribution in [0.2, 0.25) is 0 Å². The van der Waals surface area contributed by atoms with Crippen LogP contribution in [0.1, 0.15) is 26.2 Å². The highest BCUT2D eigenvalue weighted by atomic mass is 16.7. The van der Waals surface area contributed by atoms with Gasteiger partial charge in [-0.15, -0.1) is 0 Å². The summed E-state index contributed by atoms with van der Waals surface area (Å²) in [7, 11) is 1.74.